The topological polar surface area (TPSA) is 80.1 Å². The Bertz CT molecular complexity index is 1690. The van der Waals surface area contributed by atoms with E-state index in [9.17, 15) is 14.4 Å². The summed E-state index contributed by atoms with van der Waals surface area (Å²) in [6, 6.07) is 20.1. The number of hydrogen-bond acceptors (Lipinski definition) is 5. The first-order valence-corrected chi connectivity index (χ1v) is 12.5. The minimum absolute atomic E-state index is 0.0790. The van der Waals surface area contributed by atoms with Gasteiger partial charge in [-0.2, -0.15) is 0 Å². The van der Waals surface area contributed by atoms with Crippen LogP contribution in [0.15, 0.2) is 88.6 Å². The smallest absolute Gasteiger partial charge is 0.291 e. The van der Waals surface area contributed by atoms with E-state index in [1.165, 1.54) is 4.90 Å². The standard InChI is InChI=1S/C31H26N2O5/c1-4-16-32-24-8-6-5-7-23(24)31(30(32)36)26-27(34)22-18-19(2)9-14-25(22)38-28(26)29(35)33(31)17-15-20-10-12-21(37-3)13-11-20/h4-14,18H,1,15-17H2,2-3H3. The molecule has 0 N–H and O–H groups in total. The Morgan fingerprint density at radius 2 is 1.79 bits per heavy atom. The number of fused-ring (bicyclic) bond motifs is 5. The van der Waals surface area contributed by atoms with Gasteiger partial charge in [0.05, 0.1) is 23.7 Å². The zero-order valence-corrected chi connectivity index (χ0v) is 21.2. The predicted molar refractivity (Wildman–Crippen MR) is 145 cm³/mol. The number of nitrogens with zero attached hydrogens (tertiary/aromatic N) is 2. The van der Waals surface area contributed by atoms with Crippen molar-refractivity contribution in [3.8, 4) is 5.75 Å². The van der Waals surface area contributed by atoms with Gasteiger partial charge < -0.3 is 19.0 Å². The van der Waals surface area contributed by atoms with E-state index in [0.717, 1.165) is 16.9 Å². The molecule has 2 aliphatic rings. The zero-order chi connectivity index (χ0) is 26.6. The molecule has 3 heterocycles. The molecular weight excluding hydrogens is 480 g/mol. The molecule has 3 aromatic carbocycles. The third-order valence-electron chi connectivity index (χ3n) is 7.49. The van der Waals surface area contributed by atoms with Crippen LogP contribution in [0.5, 0.6) is 5.75 Å². The van der Waals surface area contributed by atoms with Gasteiger partial charge in [0.1, 0.15) is 11.3 Å². The van der Waals surface area contributed by atoms with Gasteiger partial charge in [0, 0.05) is 18.7 Å². The summed E-state index contributed by atoms with van der Waals surface area (Å²) in [6.07, 6.45) is 2.11. The lowest BCUT2D eigenvalue weighted by Gasteiger charge is -2.34. The van der Waals surface area contributed by atoms with Crippen molar-refractivity contribution < 1.29 is 18.7 Å². The van der Waals surface area contributed by atoms with Crippen LogP contribution in [0.1, 0.15) is 32.8 Å². The lowest BCUT2D eigenvalue weighted by atomic mass is 9.83. The Morgan fingerprint density at radius 1 is 1.03 bits per heavy atom. The molecule has 0 saturated heterocycles. The lowest BCUT2D eigenvalue weighted by Crippen LogP contribution is -2.54. The lowest BCUT2D eigenvalue weighted by molar-refractivity contribution is -0.125. The van der Waals surface area contributed by atoms with Crippen LogP contribution in [0.3, 0.4) is 0 Å². The average molecular weight is 507 g/mol. The fourth-order valence-corrected chi connectivity index (χ4v) is 5.75. The van der Waals surface area contributed by atoms with Crippen LogP contribution >= 0.6 is 0 Å². The normalized spacial score (nSPS) is 17.8. The first-order valence-electron chi connectivity index (χ1n) is 12.5. The molecule has 2 aliphatic heterocycles. The van der Waals surface area contributed by atoms with Gasteiger partial charge in [0.2, 0.25) is 5.76 Å². The number of carbonyl (C=O) groups excluding carboxylic acids is 2. The molecule has 38 heavy (non-hydrogen) atoms. The molecule has 2 amide bonds. The number of carbonyl (C=O) groups is 2. The van der Waals surface area contributed by atoms with E-state index in [1.54, 1.807) is 30.2 Å². The summed E-state index contributed by atoms with van der Waals surface area (Å²) < 4.78 is 11.4. The van der Waals surface area contributed by atoms with Crippen molar-refractivity contribution in [2.75, 3.05) is 25.1 Å². The monoisotopic (exact) mass is 506 g/mol. The van der Waals surface area contributed by atoms with Crippen LogP contribution < -0.4 is 15.1 Å². The molecule has 4 aromatic rings. The van der Waals surface area contributed by atoms with Crippen molar-refractivity contribution in [2.24, 2.45) is 0 Å². The van der Waals surface area contributed by atoms with E-state index in [0.29, 0.717) is 28.6 Å². The highest BCUT2D eigenvalue weighted by atomic mass is 16.5. The Kier molecular flexibility index (Phi) is 5.45. The van der Waals surface area contributed by atoms with Crippen LogP contribution in [0.25, 0.3) is 11.0 Å². The second-order valence-electron chi connectivity index (χ2n) is 9.62. The van der Waals surface area contributed by atoms with E-state index in [4.69, 9.17) is 9.15 Å². The minimum Gasteiger partial charge on any atom is -0.497 e. The summed E-state index contributed by atoms with van der Waals surface area (Å²) in [6.45, 7) is 6.15. The zero-order valence-electron chi connectivity index (χ0n) is 21.2. The van der Waals surface area contributed by atoms with Gasteiger partial charge in [-0.15, -0.1) is 6.58 Å². The molecule has 0 radical (unpaired) electrons. The van der Waals surface area contributed by atoms with Gasteiger partial charge in [0.25, 0.3) is 11.8 Å². The maximum atomic E-state index is 14.4. The number of aryl methyl sites for hydroxylation is 1. The third kappa shape index (κ3) is 3.18. The fraction of sp³-hybridized carbons (Fsp3) is 0.194. The van der Waals surface area contributed by atoms with Crippen LogP contribution in [0.4, 0.5) is 5.69 Å². The van der Waals surface area contributed by atoms with Crippen molar-refractivity contribution in [1.82, 2.24) is 4.90 Å². The predicted octanol–water partition coefficient (Wildman–Crippen LogP) is 4.58. The largest absolute Gasteiger partial charge is 0.497 e. The molecule has 0 aliphatic carbocycles. The summed E-state index contributed by atoms with van der Waals surface area (Å²) in [5.74, 6) is -0.187. The molecule has 190 valence electrons. The van der Waals surface area contributed by atoms with Gasteiger partial charge in [0.15, 0.2) is 11.0 Å². The molecule has 7 heteroatoms. The first kappa shape index (κ1) is 23.7. The molecule has 1 aromatic heterocycles. The van der Waals surface area contributed by atoms with Crippen molar-refractivity contribution in [1.29, 1.82) is 0 Å². The fourth-order valence-electron chi connectivity index (χ4n) is 5.75. The van der Waals surface area contributed by atoms with Gasteiger partial charge in [-0.1, -0.05) is 48.0 Å². The van der Waals surface area contributed by atoms with Crippen molar-refractivity contribution in [3.05, 3.63) is 118 Å². The van der Waals surface area contributed by atoms with E-state index in [1.807, 2.05) is 61.5 Å². The number of anilines is 1. The minimum atomic E-state index is -1.63. The average Bonchev–Trinajstić information content (AvgIpc) is 3.33. The van der Waals surface area contributed by atoms with Gasteiger partial charge >= 0.3 is 0 Å². The highest BCUT2D eigenvalue weighted by Gasteiger charge is 2.64. The molecule has 7 nitrogen and oxygen atoms in total. The van der Waals surface area contributed by atoms with Crippen LogP contribution in [0, 0.1) is 6.92 Å². The number of hydrogen-bond donors (Lipinski definition) is 0. The second kappa shape index (κ2) is 8.73. The Labute approximate surface area is 219 Å². The number of rotatable bonds is 6. The molecule has 1 unspecified atom stereocenters. The Balaban J connectivity index is 1.59. The number of benzene rings is 3. The summed E-state index contributed by atoms with van der Waals surface area (Å²) >= 11 is 0. The maximum Gasteiger partial charge on any atom is 0.291 e. The summed E-state index contributed by atoms with van der Waals surface area (Å²) in [5.41, 5.74) is 1.49. The van der Waals surface area contributed by atoms with Crippen LogP contribution in [-0.4, -0.2) is 36.9 Å². The van der Waals surface area contributed by atoms with Crippen LogP contribution in [0.2, 0.25) is 0 Å². The molecule has 6 rings (SSSR count). The van der Waals surface area contributed by atoms with E-state index < -0.39 is 11.4 Å². The summed E-state index contributed by atoms with van der Waals surface area (Å²) in [4.78, 5) is 45.7. The third-order valence-corrected chi connectivity index (χ3v) is 7.49. The van der Waals surface area contributed by atoms with Crippen LogP contribution in [-0.2, 0) is 16.8 Å². The van der Waals surface area contributed by atoms with Crippen molar-refractivity contribution in [3.63, 3.8) is 0 Å². The van der Waals surface area contributed by atoms with E-state index >= 15 is 0 Å². The first-order chi connectivity index (χ1) is 18.4. The van der Waals surface area contributed by atoms with E-state index in [2.05, 4.69) is 6.58 Å². The van der Waals surface area contributed by atoms with Gasteiger partial charge in [-0.05, 0) is 49.2 Å². The summed E-state index contributed by atoms with van der Waals surface area (Å²) in [7, 11) is 1.60. The molecule has 1 atom stereocenters. The second-order valence-corrected chi connectivity index (χ2v) is 9.62. The molecule has 0 bridgehead atoms. The number of para-hydroxylation sites is 1. The van der Waals surface area contributed by atoms with Crippen molar-refractivity contribution in [2.45, 2.75) is 18.9 Å². The molecule has 0 fully saturated rings. The SMILES string of the molecule is C=CCN1C(=O)C2(c3ccccc31)c1c(oc3ccc(C)cc3c1=O)C(=O)N2CCc1ccc(OC)cc1. The number of ether oxygens (including phenoxy) is 1. The molecule has 1 spiro atoms. The number of amides is 2. The molecule has 0 saturated carbocycles. The summed E-state index contributed by atoms with van der Waals surface area (Å²) in [5, 5.41) is 0.348. The highest BCUT2D eigenvalue weighted by molar-refractivity contribution is 6.17. The highest BCUT2D eigenvalue weighted by Crippen LogP contribution is 2.52. The van der Waals surface area contributed by atoms with Crippen molar-refractivity contribution >= 4 is 28.5 Å². The number of methoxy groups -OCH3 is 1. The Morgan fingerprint density at radius 3 is 2.53 bits per heavy atom. The molecular formula is C31H26N2O5. The quantitative estimate of drug-likeness (QED) is 0.358. The Hall–Kier alpha value is -4.65. The van der Waals surface area contributed by atoms with E-state index in [-0.39, 0.29) is 35.7 Å². The van der Waals surface area contributed by atoms with Gasteiger partial charge in [-0.25, -0.2) is 0 Å². The maximum absolute atomic E-state index is 14.4. The van der Waals surface area contributed by atoms with Gasteiger partial charge in [-0.3, -0.25) is 14.4 Å².